The summed E-state index contributed by atoms with van der Waals surface area (Å²) >= 11 is 0. The number of allylic oxidation sites excluding steroid dienone is 3. The van der Waals surface area contributed by atoms with Gasteiger partial charge in [-0.25, -0.2) is 0 Å². The third-order valence-electron chi connectivity index (χ3n) is 2.31. The molecule has 5 heteroatoms. The van der Waals surface area contributed by atoms with Gasteiger partial charge in [-0.05, 0) is 19.9 Å². The molecular weight excluding hydrogens is 232 g/mol. The van der Waals surface area contributed by atoms with E-state index in [0.717, 1.165) is 0 Å². The van der Waals surface area contributed by atoms with E-state index in [1.54, 1.807) is 31.2 Å². The first-order valence-electron chi connectivity index (χ1n) is 5.40. The van der Waals surface area contributed by atoms with Crippen LogP contribution in [0.25, 0.3) is 0 Å². The number of carbonyl (C=O) groups is 1. The summed E-state index contributed by atoms with van der Waals surface area (Å²) in [6, 6.07) is 4.57. The lowest BCUT2D eigenvalue weighted by Gasteiger charge is -2.06. The Bertz CT molecular complexity index is 519. The van der Waals surface area contributed by atoms with Gasteiger partial charge in [0.25, 0.3) is 5.69 Å². The quantitative estimate of drug-likeness (QED) is 0.384. The van der Waals surface area contributed by atoms with Crippen molar-refractivity contribution in [2.45, 2.75) is 13.8 Å². The molecule has 1 aromatic carbocycles. The second kappa shape index (κ2) is 6.34. The van der Waals surface area contributed by atoms with Crippen molar-refractivity contribution in [1.82, 2.24) is 0 Å². The molecule has 94 valence electrons. The number of hydrogen-bond donors (Lipinski definition) is 1. The molecule has 0 heterocycles. The molecule has 1 N–H and O–H groups in total. The minimum Gasteiger partial charge on any atom is -0.322 e. The van der Waals surface area contributed by atoms with Gasteiger partial charge >= 0.3 is 0 Å². The number of nitrogens with one attached hydrogen (secondary N) is 1. The van der Waals surface area contributed by atoms with E-state index in [9.17, 15) is 14.9 Å². The number of nitrogens with zero attached hydrogens (tertiary/aromatic N) is 1. The van der Waals surface area contributed by atoms with Crippen LogP contribution in [-0.2, 0) is 4.79 Å². The minimum atomic E-state index is -0.472. The fraction of sp³-hybridized carbons (Fsp3) is 0.154. The van der Waals surface area contributed by atoms with Crippen LogP contribution in [0.3, 0.4) is 0 Å². The van der Waals surface area contributed by atoms with Gasteiger partial charge in [-0.15, -0.1) is 0 Å². The molecule has 0 radical (unpaired) electrons. The highest BCUT2D eigenvalue weighted by Gasteiger charge is 2.13. The molecule has 1 aromatic rings. The number of anilines is 1. The summed E-state index contributed by atoms with van der Waals surface area (Å²) in [5.41, 5.74) is 0.875. The van der Waals surface area contributed by atoms with Crippen LogP contribution in [0.2, 0.25) is 0 Å². The zero-order valence-corrected chi connectivity index (χ0v) is 10.2. The Balaban J connectivity index is 2.88. The Labute approximate surface area is 105 Å². The van der Waals surface area contributed by atoms with E-state index >= 15 is 0 Å². The van der Waals surface area contributed by atoms with Crippen molar-refractivity contribution in [1.29, 1.82) is 0 Å². The van der Waals surface area contributed by atoms with Crippen molar-refractivity contribution in [3.8, 4) is 0 Å². The summed E-state index contributed by atoms with van der Waals surface area (Å²) in [6.07, 6.45) is 6.47. The molecule has 0 atom stereocenters. The summed E-state index contributed by atoms with van der Waals surface area (Å²) in [5, 5.41) is 13.3. The Morgan fingerprint density at radius 1 is 1.39 bits per heavy atom. The lowest BCUT2D eigenvalue weighted by Crippen LogP contribution is -2.09. The fourth-order valence-corrected chi connectivity index (χ4v) is 1.39. The maximum atomic E-state index is 11.5. The van der Waals surface area contributed by atoms with Crippen LogP contribution < -0.4 is 5.32 Å². The molecule has 0 unspecified atom stereocenters. The molecule has 0 aromatic heterocycles. The lowest BCUT2D eigenvalue weighted by molar-refractivity contribution is -0.385. The number of benzene rings is 1. The Hall–Kier alpha value is -2.43. The van der Waals surface area contributed by atoms with E-state index in [1.165, 1.54) is 18.2 Å². The van der Waals surface area contributed by atoms with E-state index in [4.69, 9.17) is 0 Å². The zero-order chi connectivity index (χ0) is 13.5. The van der Waals surface area contributed by atoms with Crippen molar-refractivity contribution in [3.63, 3.8) is 0 Å². The molecular formula is C13H14N2O3. The van der Waals surface area contributed by atoms with E-state index in [-0.39, 0.29) is 11.6 Å². The van der Waals surface area contributed by atoms with E-state index in [1.807, 2.05) is 6.92 Å². The van der Waals surface area contributed by atoms with Gasteiger partial charge in [0.1, 0.15) is 0 Å². The van der Waals surface area contributed by atoms with Gasteiger partial charge in [0.05, 0.1) is 16.2 Å². The Morgan fingerprint density at radius 3 is 2.72 bits per heavy atom. The average molecular weight is 246 g/mol. The number of nitro groups is 1. The SMILES string of the molecule is CC=CC=CC(=O)Nc1cccc([N+](=O)[O-])c1C. The third kappa shape index (κ3) is 3.55. The third-order valence-corrected chi connectivity index (χ3v) is 2.31. The number of rotatable bonds is 4. The van der Waals surface area contributed by atoms with Crippen LogP contribution >= 0.6 is 0 Å². The van der Waals surface area contributed by atoms with E-state index < -0.39 is 4.92 Å². The standard InChI is InChI=1S/C13H14N2O3/c1-3-4-5-9-13(16)14-11-7-6-8-12(10(11)2)15(17)18/h3-9H,1-2H3,(H,14,16). The number of hydrogen-bond acceptors (Lipinski definition) is 3. The lowest BCUT2D eigenvalue weighted by atomic mass is 10.1. The molecule has 5 nitrogen and oxygen atoms in total. The van der Waals surface area contributed by atoms with Crippen molar-refractivity contribution >= 4 is 17.3 Å². The summed E-state index contributed by atoms with van der Waals surface area (Å²) in [7, 11) is 0. The maximum absolute atomic E-state index is 11.5. The van der Waals surface area contributed by atoms with Crippen LogP contribution in [0.5, 0.6) is 0 Å². The van der Waals surface area contributed by atoms with Gasteiger partial charge in [-0.3, -0.25) is 14.9 Å². The highest BCUT2D eigenvalue weighted by Crippen LogP contribution is 2.24. The monoisotopic (exact) mass is 246 g/mol. The second-order valence-corrected chi connectivity index (χ2v) is 3.58. The van der Waals surface area contributed by atoms with Crippen LogP contribution in [0.1, 0.15) is 12.5 Å². The van der Waals surface area contributed by atoms with E-state index in [2.05, 4.69) is 5.32 Å². The molecule has 1 rings (SSSR count). The number of carbonyl (C=O) groups excluding carboxylic acids is 1. The fourth-order valence-electron chi connectivity index (χ4n) is 1.39. The summed E-state index contributed by atoms with van der Waals surface area (Å²) in [5.74, 6) is -0.323. The summed E-state index contributed by atoms with van der Waals surface area (Å²) < 4.78 is 0. The largest absolute Gasteiger partial charge is 0.322 e. The molecule has 0 bridgehead atoms. The van der Waals surface area contributed by atoms with Crippen molar-refractivity contribution in [2.75, 3.05) is 5.32 Å². The minimum absolute atomic E-state index is 0.00904. The average Bonchev–Trinajstić information content (AvgIpc) is 2.32. The number of nitro benzene ring substituents is 1. The maximum Gasteiger partial charge on any atom is 0.274 e. The summed E-state index contributed by atoms with van der Waals surface area (Å²) in [6.45, 7) is 3.44. The van der Waals surface area contributed by atoms with E-state index in [0.29, 0.717) is 11.3 Å². The van der Waals surface area contributed by atoms with Crippen LogP contribution in [0, 0.1) is 17.0 Å². The molecule has 0 aliphatic rings. The molecule has 0 aliphatic heterocycles. The highest BCUT2D eigenvalue weighted by atomic mass is 16.6. The molecule has 18 heavy (non-hydrogen) atoms. The molecule has 1 amide bonds. The molecule has 0 aliphatic carbocycles. The Morgan fingerprint density at radius 2 is 2.11 bits per heavy atom. The predicted octanol–water partition coefficient (Wildman–Crippen LogP) is 2.97. The van der Waals surface area contributed by atoms with Gasteiger partial charge in [-0.1, -0.05) is 24.3 Å². The normalized spacial score (nSPS) is 11.0. The van der Waals surface area contributed by atoms with Crippen molar-refractivity contribution in [2.24, 2.45) is 0 Å². The van der Waals surface area contributed by atoms with Crippen LogP contribution in [-0.4, -0.2) is 10.8 Å². The first-order chi connectivity index (χ1) is 8.56. The molecule has 0 saturated carbocycles. The zero-order valence-electron chi connectivity index (χ0n) is 10.2. The van der Waals surface area contributed by atoms with Crippen LogP contribution in [0.15, 0.2) is 42.5 Å². The van der Waals surface area contributed by atoms with Gasteiger partial charge < -0.3 is 5.32 Å². The first kappa shape index (κ1) is 13.6. The molecule has 0 fully saturated rings. The molecule has 0 saturated heterocycles. The smallest absolute Gasteiger partial charge is 0.274 e. The summed E-state index contributed by atoms with van der Waals surface area (Å²) in [4.78, 5) is 21.8. The number of amides is 1. The van der Waals surface area contributed by atoms with Crippen molar-refractivity contribution < 1.29 is 9.72 Å². The van der Waals surface area contributed by atoms with Crippen molar-refractivity contribution in [3.05, 3.63) is 58.2 Å². The topological polar surface area (TPSA) is 72.2 Å². The highest BCUT2D eigenvalue weighted by molar-refractivity contribution is 6.00. The van der Waals surface area contributed by atoms with Gasteiger partial charge in [0, 0.05) is 12.1 Å². The second-order valence-electron chi connectivity index (χ2n) is 3.58. The van der Waals surface area contributed by atoms with Gasteiger partial charge in [-0.2, -0.15) is 0 Å². The Kier molecular flexibility index (Phi) is 4.80. The first-order valence-corrected chi connectivity index (χ1v) is 5.40. The van der Waals surface area contributed by atoms with Gasteiger partial charge in [0.2, 0.25) is 5.91 Å². The van der Waals surface area contributed by atoms with Crippen LogP contribution in [0.4, 0.5) is 11.4 Å². The predicted molar refractivity (Wildman–Crippen MR) is 70.4 cm³/mol. The molecule has 0 spiro atoms. The van der Waals surface area contributed by atoms with Gasteiger partial charge in [0.15, 0.2) is 0 Å².